The fourth-order valence-electron chi connectivity index (χ4n) is 9.42. The maximum Gasteiger partial charge on any atom is 0.271 e. The lowest BCUT2D eigenvalue weighted by atomic mass is 9.91. The van der Waals surface area contributed by atoms with Crippen LogP contribution in [0.2, 0.25) is 0 Å². The number of hydrogen-bond donors (Lipinski definition) is 4. The first-order chi connectivity index (χ1) is 29.6. The van der Waals surface area contributed by atoms with Gasteiger partial charge in [-0.2, -0.15) is 0 Å². The van der Waals surface area contributed by atoms with E-state index in [1.165, 1.54) is 18.3 Å². The van der Waals surface area contributed by atoms with Gasteiger partial charge in [-0.3, -0.25) is 39.0 Å². The Morgan fingerprint density at radius 1 is 0.903 bits per heavy atom. The van der Waals surface area contributed by atoms with Crippen molar-refractivity contribution in [2.24, 2.45) is 23.5 Å². The van der Waals surface area contributed by atoms with E-state index in [0.29, 0.717) is 30.5 Å². The van der Waals surface area contributed by atoms with Gasteiger partial charge < -0.3 is 31.1 Å². The minimum absolute atomic E-state index is 0.0395. The number of anilines is 4. The second-order valence-corrected chi connectivity index (χ2v) is 19.2. The minimum Gasteiger partial charge on any atom is -0.371 e. The average molecular weight is 869 g/mol. The van der Waals surface area contributed by atoms with Gasteiger partial charge in [0.25, 0.3) is 17.7 Å². The molecule has 328 valence electrons. The van der Waals surface area contributed by atoms with Gasteiger partial charge in [-0.1, -0.05) is 0 Å². The van der Waals surface area contributed by atoms with E-state index in [-0.39, 0.29) is 64.2 Å². The molecule has 5 aliphatic heterocycles. The fourth-order valence-corrected chi connectivity index (χ4v) is 10.0. The molecule has 5 aliphatic rings. The Morgan fingerprint density at radius 3 is 2.35 bits per heavy atom. The van der Waals surface area contributed by atoms with Crippen LogP contribution in [0.1, 0.15) is 83.1 Å². The summed E-state index contributed by atoms with van der Waals surface area (Å²) < 4.78 is 23.8. The number of aromatic nitrogens is 2. The first kappa shape index (κ1) is 42.7. The van der Waals surface area contributed by atoms with E-state index in [1.54, 1.807) is 24.3 Å². The van der Waals surface area contributed by atoms with Gasteiger partial charge in [0.05, 0.1) is 28.1 Å². The number of piperidine rings is 3. The minimum atomic E-state index is -3.38. The topological polar surface area (TPSA) is 237 Å². The predicted molar refractivity (Wildman–Crippen MR) is 229 cm³/mol. The monoisotopic (exact) mass is 868 g/mol. The van der Waals surface area contributed by atoms with Crippen LogP contribution < -0.4 is 31.5 Å². The zero-order valence-electron chi connectivity index (χ0n) is 34.8. The summed E-state index contributed by atoms with van der Waals surface area (Å²) in [6.07, 6.45) is 7.34. The standard InChI is InChI=1S/C43H52N10O8S/c1-25(27-4-3-16-52(24-27)35-21-45-37(38(44)55)39(48-35)47-29-5-8-31(9-6-29)62(2,60)61)46-40(56)28-15-17-50(23-28)22-26-13-18-51(19-14-26)30-7-10-32-33(20-30)43(59)53(42(32)58)34-11-12-36(54)49-41(34)57/h5-10,20-21,25-28,34H,3-4,11-19,22-24H2,1-2H3,(H2,44,55)(H,46,56)(H,47,48)(H,49,54,57)/t25?,27-,28?,34?/m1/s1. The average Bonchev–Trinajstić information content (AvgIpc) is 3.82. The highest BCUT2D eigenvalue weighted by Crippen LogP contribution is 2.33. The molecule has 0 spiro atoms. The van der Waals surface area contributed by atoms with Crippen LogP contribution in [0.4, 0.5) is 23.0 Å². The molecular weight excluding hydrogens is 817 g/mol. The number of amides is 6. The third-order valence-electron chi connectivity index (χ3n) is 13.0. The number of nitrogens with one attached hydrogen (secondary N) is 3. The molecule has 0 bridgehead atoms. The Balaban J connectivity index is 0.806. The first-order valence-corrected chi connectivity index (χ1v) is 23.1. The smallest absolute Gasteiger partial charge is 0.271 e. The van der Waals surface area contributed by atoms with E-state index < -0.39 is 45.4 Å². The van der Waals surface area contributed by atoms with Crippen molar-refractivity contribution in [2.45, 2.75) is 68.8 Å². The predicted octanol–water partition coefficient (Wildman–Crippen LogP) is 2.08. The van der Waals surface area contributed by atoms with E-state index in [2.05, 4.69) is 35.6 Å². The van der Waals surface area contributed by atoms with Gasteiger partial charge in [0.1, 0.15) is 11.9 Å². The molecule has 5 N–H and O–H groups in total. The van der Waals surface area contributed by atoms with Crippen molar-refractivity contribution in [1.82, 2.24) is 30.4 Å². The van der Waals surface area contributed by atoms with E-state index in [1.807, 2.05) is 13.0 Å². The van der Waals surface area contributed by atoms with Crippen LogP contribution in [0.15, 0.2) is 53.6 Å². The molecule has 0 saturated carbocycles. The molecule has 4 atom stereocenters. The van der Waals surface area contributed by atoms with Crippen molar-refractivity contribution >= 4 is 68.3 Å². The number of hydrogen-bond acceptors (Lipinski definition) is 14. The maximum atomic E-state index is 13.6. The Bertz CT molecular complexity index is 2400. The Labute approximate surface area is 359 Å². The molecule has 3 aromatic rings. The lowest BCUT2D eigenvalue weighted by Gasteiger charge is -2.37. The number of carbonyl (C=O) groups is 6. The number of rotatable bonds is 12. The number of imide groups is 2. The van der Waals surface area contributed by atoms with E-state index in [9.17, 15) is 37.2 Å². The Hall–Kier alpha value is -5.95. The van der Waals surface area contributed by atoms with Crippen molar-refractivity contribution in [2.75, 3.05) is 67.2 Å². The molecule has 2 aromatic carbocycles. The third-order valence-corrected chi connectivity index (χ3v) is 14.1. The highest BCUT2D eigenvalue weighted by Gasteiger charge is 2.45. The SMILES string of the molecule is CC(NC(=O)C1CCN(CC2CCN(c3ccc4c(c3)C(=O)N(C3CCC(=O)NC3=O)C4=O)CC2)C1)[C@@H]1CCCN(c2cnc(C(N)=O)c(Nc3ccc(S(C)(=O)=O)cc3)n2)C1. The van der Waals surface area contributed by atoms with Crippen LogP contribution in [0.25, 0.3) is 0 Å². The summed E-state index contributed by atoms with van der Waals surface area (Å²) in [5.41, 5.74) is 7.50. The molecule has 3 unspecified atom stereocenters. The van der Waals surface area contributed by atoms with Crippen LogP contribution in [-0.4, -0.2) is 128 Å². The summed E-state index contributed by atoms with van der Waals surface area (Å²) in [5.74, 6) is -1.51. The molecule has 8 rings (SSSR count). The van der Waals surface area contributed by atoms with Gasteiger partial charge in [-0.25, -0.2) is 18.4 Å². The van der Waals surface area contributed by atoms with E-state index in [0.717, 1.165) is 81.7 Å². The molecule has 18 nitrogen and oxygen atoms in total. The zero-order chi connectivity index (χ0) is 43.9. The van der Waals surface area contributed by atoms with E-state index >= 15 is 0 Å². The lowest BCUT2D eigenvalue weighted by Crippen LogP contribution is -2.54. The summed E-state index contributed by atoms with van der Waals surface area (Å²) in [5, 5.41) is 8.61. The number of nitrogens with zero attached hydrogens (tertiary/aromatic N) is 6. The Morgan fingerprint density at radius 2 is 1.65 bits per heavy atom. The molecule has 0 aliphatic carbocycles. The zero-order valence-corrected chi connectivity index (χ0v) is 35.7. The van der Waals surface area contributed by atoms with E-state index in [4.69, 9.17) is 10.7 Å². The van der Waals surface area contributed by atoms with Crippen LogP contribution in [0.5, 0.6) is 0 Å². The first-order valence-electron chi connectivity index (χ1n) is 21.2. The number of fused-ring (bicyclic) bond motifs is 1. The largest absolute Gasteiger partial charge is 0.371 e. The number of sulfone groups is 1. The molecule has 62 heavy (non-hydrogen) atoms. The Kier molecular flexibility index (Phi) is 12.0. The van der Waals surface area contributed by atoms with Gasteiger partial charge in [-0.15, -0.1) is 0 Å². The van der Waals surface area contributed by atoms with Crippen LogP contribution in [0.3, 0.4) is 0 Å². The number of nitrogens with two attached hydrogens (primary N) is 1. The van der Waals surface area contributed by atoms with Crippen molar-refractivity contribution in [3.8, 4) is 0 Å². The number of likely N-dealkylation sites (tertiary alicyclic amines) is 1. The summed E-state index contributed by atoms with van der Waals surface area (Å²) in [6.45, 7) is 7.43. The maximum absolute atomic E-state index is 13.6. The molecule has 6 heterocycles. The number of carbonyl (C=O) groups excluding carboxylic acids is 6. The van der Waals surface area contributed by atoms with Crippen molar-refractivity contribution in [3.05, 3.63) is 65.5 Å². The van der Waals surface area contributed by atoms with Gasteiger partial charge >= 0.3 is 0 Å². The fraction of sp³-hybridized carbons (Fsp3) is 0.488. The van der Waals surface area contributed by atoms with Crippen molar-refractivity contribution in [3.63, 3.8) is 0 Å². The molecule has 19 heteroatoms. The second kappa shape index (κ2) is 17.4. The summed E-state index contributed by atoms with van der Waals surface area (Å²) >= 11 is 0. The molecule has 6 amide bonds. The van der Waals surface area contributed by atoms with Gasteiger partial charge in [-0.05, 0) is 106 Å². The highest BCUT2D eigenvalue weighted by atomic mass is 32.2. The van der Waals surface area contributed by atoms with Gasteiger partial charge in [0.2, 0.25) is 17.7 Å². The van der Waals surface area contributed by atoms with Gasteiger partial charge in [0, 0.05) is 69.4 Å². The van der Waals surface area contributed by atoms with Crippen molar-refractivity contribution < 1.29 is 37.2 Å². The third kappa shape index (κ3) is 8.99. The molecular formula is C43H52N10O8S. The lowest BCUT2D eigenvalue weighted by molar-refractivity contribution is -0.136. The number of benzene rings is 2. The molecule has 0 radical (unpaired) electrons. The quantitative estimate of drug-likeness (QED) is 0.191. The van der Waals surface area contributed by atoms with Gasteiger partial charge in [0.15, 0.2) is 21.3 Å². The molecule has 4 saturated heterocycles. The second-order valence-electron chi connectivity index (χ2n) is 17.2. The van der Waals surface area contributed by atoms with Crippen LogP contribution >= 0.6 is 0 Å². The summed E-state index contributed by atoms with van der Waals surface area (Å²) in [4.78, 5) is 93.3. The highest BCUT2D eigenvalue weighted by molar-refractivity contribution is 7.90. The van der Waals surface area contributed by atoms with Crippen LogP contribution in [-0.2, 0) is 24.2 Å². The number of primary amides is 1. The van der Waals surface area contributed by atoms with Crippen LogP contribution in [0, 0.1) is 17.8 Å². The molecule has 1 aromatic heterocycles. The molecule has 4 fully saturated rings. The summed E-state index contributed by atoms with van der Waals surface area (Å²) in [6, 6.07) is 10.3. The normalized spacial score (nSPS) is 23.0. The summed E-state index contributed by atoms with van der Waals surface area (Å²) in [7, 11) is -3.38. The van der Waals surface area contributed by atoms with Crippen molar-refractivity contribution in [1.29, 1.82) is 0 Å².